The molecule has 1 heterocycles. The summed E-state index contributed by atoms with van der Waals surface area (Å²) in [5, 5.41) is 12.2. The van der Waals surface area contributed by atoms with Crippen LogP contribution in [-0.4, -0.2) is 40.6 Å². The first kappa shape index (κ1) is 27.0. The minimum Gasteiger partial charge on any atom is -0.497 e. The van der Waals surface area contributed by atoms with Gasteiger partial charge < -0.3 is 15.0 Å². The predicted molar refractivity (Wildman–Crippen MR) is 151 cm³/mol. The average molecular weight is 529 g/mol. The van der Waals surface area contributed by atoms with Crippen LogP contribution in [0.3, 0.4) is 0 Å². The maximum Gasteiger partial charge on any atom is 0.254 e. The second-order valence-electron chi connectivity index (χ2n) is 9.98. The van der Waals surface area contributed by atoms with Crippen molar-refractivity contribution in [2.24, 2.45) is 0 Å². The fraction of sp³-hybridized carbons (Fsp3) is 0.267. The van der Waals surface area contributed by atoms with Gasteiger partial charge in [0.05, 0.1) is 7.11 Å². The Balaban J connectivity index is 1.42. The zero-order valence-electron chi connectivity index (χ0n) is 22.1. The molecule has 196 valence electrons. The Morgan fingerprint density at radius 1 is 0.921 bits per heavy atom. The molecule has 4 rings (SSSR count). The molecule has 4 aromatic rings. The number of benzene rings is 3. The van der Waals surface area contributed by atoms with E-state index in [9.17, 15) is 9.59 Å². The third-order valence-corrected chi connectivity index (χ3v) is 7.01. The summed E-state index contributed by atoms with van der Waals surface area (Å²) in [7, 11) is 1.62. The number of rotatable bonds is 9. The SMILES string of the molecule is COc1ccc(-c2nnc(NC(=O)CCN(Cc3ccccc3)C(=O)c3ccc(C(C)(C)C)cc3)s2)cc1. The van der Waals surface area contributed by atoms with Gasteiger partial charge in [0, 0.05) is 30.6 Å². The smallest absolute Gasteiger partial charge is 0.254 e. The summed E-state index contributed by atoms with van der Waals surface area (Å²) in [5.74, 6) is 0.419. The molecule has 0 atom stereocenters. The van der Waals surface area contributed by atoms with E-state index >= 15 is 0 Å². The lowest BCUT2D eigenvalue weighted by Crippen LogP contribution is -2.33. The number of ether oxygens (including phenoxy) is 1. The number of methoxy groups -OCH3 is 1. The quantitative estimate of drug-likeness (QED) is 0.280. The molecule has 0 aliphatic carbocycles. The van der Waals surface area contributed by atoms with Crippen molar-refractivity contribution in [3.8, 4) is 16.3 Å². The molecule has 0 radical (unpaired) electrons. The molecule has 0 aliphatic heterocycles. The Morgan fingerprint density at radius 2 is 1.61 bits per heavy atom. The zero-order chi connectivity index (χ0) is 27.1. The van der Waals surface area contributed by atoms with E-state index in [0.29, 0.717) is 22.2 Å². The summed E-state index contributed by atoms with van der Waals surface area (Å²) in [6, 6.07) is 25.0. The molecule has 0 aliphatic rings. The van der Waals surface area contributed by atoms with Crippen LogP contribution in [0.15, 0.2) is 78.9 Å². The Morgan fingerprint density at radius 3 is 2.24 bits per heavy atom. The summed E-state index contributed by atoms with van der Waals surface area (Å²) < 4.78 is 5.19. The van der Waals surface area contributed by atoms with Crippen LogP contribution in [-0.2, 0) is 16.8 Å². The summed E-state index contributed by atoms with van der Waals surface area (Å²) in [5.41, 5.74) is 3.65. The Kier molecular flexibility index (Phi) is 8.53. The maximum absolute atomic E-state index is 13.5. The van der Waals surface area contributed by atoms with Gasteiger partial charge in [0.25, 0.3) is 5.91 Å². The van der Waals surface area contributed by atoms with Gasteiger partial charge in [-0.3, -0.25) is 9.59 Å². The lowest BCUT2D eigenvalue weighted by molar-refractivity contribution is -0.116. The van der Waals surface area contributed by atoms with Crippen molar-refractivity contribution in [3.05, 3.63) is 95.6 Å². The summed E-state index contributed by atoms with van der Waals surface area (Å²) in [6.07, 6.45) is 0.135. The van der Waals surface area contributed by atoms with E-state index in [1.807, 2.05) is 78.9 Å². The van der Waals surface area contributed by atoms with Crippen molar-refractivity contribution in [3.63, 3.8) is 0 Å². The molecule has 38 heavy (non-hydrogen) atoms. The summed E-state index contributed by atoms with van der Waals surface area (Å²) >= 11 is 1.30. The van der Waals surface area contributed by atoms with Crippen LogP contribution < -0.4 is 10.1 Å². The topological polar surface area (TPSA) is 84.4 Å². The first-order valence-electron chi connectivity index (χ1n) is 12.4. The van der Waals surface area contributed by atoms with Gasteiger partial charge >= 0.3 is 0 Å². The predicted octanol–water partition coefficient (Wildman–Crippen LogP) is 6.18. The van der Waals surface area contributed by atoms with E-state index in [0.717, 1.165) is 22.4 Å². The van der Waals surface area contributed by atoms with Crippen LogP contribution in [0.4, 0.5) is 5.13 Å². The number of hydrogen-bond donors (Lipinski definition) is 1. The van der Waals surface area contributed by atoms with Gasteiger partial charge in [0.1, 0.15) is 10.8 Å². The number of hydrogen-bond acceptors (Lipinski definition) is 6. The molecule has 0 fully saturated rings. The Bertz CT molecular complexity index is 1360. The van der Waals surface area contributed by atoms with Crippen LogP contribution in [0.5, 0.6) is 5.75 Å². The van der Waals surface area contributed by atoms with Crippen molar-refractivity contribution in [1.29, 1.82) is 0 Å². The lowest BCUT2D eigenvalue weighted by Gasteiger charge is -2.24. The molecule has 1 aromatic heterocycles. The first-order chi connectivity index (χ1) is 18.2. The molecule has 0 spiro atoms. The van der Waals surface area contributed by atoms with Gasteiger partial charge in [-0.2, -0.15) is 0 Å². The van der Waals surface area contributed by atoms with E-state index in [1.165, 1.54) is 11.3 Å². The van der Waals surface area contributed by atoms with Crippen LogP contribution in [0.2, 0.25) is 0 Å². The lowest BCUT2D eigenvalue weighted by atomic mass is 9.86. The minimum atomic E-state index is -0.226. The monoisotopic (exact) mass is 528 g/mol. The summed E-state index contributed by atoms with van der Waals surface area (Å²) in [6.45, 7) is 7.10. The third-order valence-electron chi connectivity index (χ3n) is 6.12. The molecule has 2 amide bonds. The van der Waals surface area contributed by atoms with E-state index in [-0.39, 0.29) is 30.2 Å². The maximum atomic E-state index is 13.5. The number of nitrogens with zero attached hydrogens (tertiary/aromatic N) is 3. The fourth-order valence-electron chi connectivity index (χ4n) is 3.89. The van der Waals surface area contributed by atoms with Crippen LogP contribution in [0.1, 0.15) is 48.7 Å². The van der Waals surface area contributed by atoms with E-state index in [4.69, 9.17) is 4.74 Å². The van der Waals surface area contributed by atoms with Gasteiger partial charge in [-0.05, 0) is 52.9 Å². The minimum absolute atomic E-state index is 0.00131. The van der Waals surface area contributed by atoms with Crippen molar-refractivity contribution in [2.45, 2.75) is 39.2 Å². The van der Waals surface area contributed by atoms with Gasteiger partial charge in [0.2, 0.25) is 11.0 Å². The second-order valence-corrected chi connectivity index (χ2v) is 11.0. The Labute approximate surface area is 227 Å². The molecular weight excluding hydrogens is 496 g/mol. The highest BCUT2D eigenvalue weighted by Gasteiger charge is 2.20. The number of anilines is 1. The number of amides is 2. The van der Waals surface area contributed by atoms with Crippen LogP contribution in [0, 0.1) is 0 Å². The van der Waals surface area contributed by atoms with Crippen LogP contribution >= 0.6 is 11.3 Å². The van der Waals surface area contributed by atoms with Crippen molar-refractivity contribution >= 4 is 28.3 Å². The molecule has 0 saturated carbocycles. The molecule has 7 nitrogen and oxygen atoms in total. The zero-order valence-corrected chi connectivity index (χ0v) is 22.9. The Hall–Kier alpha value is -4.04. The molecule has 3 aromatic carbocycles. The van der Waals surface area contributed by atoms with Gasteiger partial charge in [0.15, 0.2) is 0 Å². The van der Waals surface area contributed by atoms with Crippen molar-refractivity contribution in [2.75, 3.05) is 19.0 Å². The van der Waals surface area contributed by atoms with Crippen molar-refractivity contribution in [1.82, 2.24) is 15.1 Å². The summed E-state index contributed by atoms with van der Waals surface area (Å²) in [4.78, 5) is 28.0. The molecule has 0 unspecified atom stereocenters. The number of carbonyl (C=O) groups is 2. The van der Waals surface area contributed by atoms with E-state index < -0.39 is 0 Å². The van der Waals surface area contributed by atoms with Crippen molar-refractivity contribution < 1.29 is 14.3 Å². The average Bonchev–Trinajstić information content (AvgIpc) is 3.39. The molecule has 8 heteroatoms. The van der Waals surface area contributed by atoms with E-state index in [2.05, 4.69) is 36.3 Å². The van der Waals surface area contributed by atoms with E-state index in [1.54, 1.807) is 12.0 Å². The van der Waals surface area contributed by atoms with Crippen LogP contribution in [0.25, 0.3) is 10.6 Å². The normalized spacial score (nSPS) is 11.2. The van der Waals surface area contributed by atoms with Gasteiger partial charge in [-0.15, -0.1) is 10.2 Å². The second kappa shape index (κ2) is 12.0. The number of aromatic nitrogens is 2. The standard InChI is InChI=1S/C30H32N4O3S/c1-30(2,3)24-14-10-23(11-15-24)28(36)34(20-21-8-6-5-7-9-21)19-18-26(35)31-29-33-32-27(38-29)22-12-16-25(37-4)17-13-22/h5-17H,18-20H2,1-4H3,(H,31,33,35). The molecule has 0 saturated heterocycles. The van der Waals surface area contributed by atoms with Gasteiger partial charge in [-0.25, -0.2) is 0 Å². The number of nitrogens with one attached hydrogen (secondary N) is 1. The highest BCUT2D eigenvalue weighted by atomic mass is 32.1. The highest BCUT2D eigenvalue weighted by Crippen LogP contribution is 2.28. The molecule has 1 N–H and O–H groups in total. The molecular formula is C30H32N4O3S. The van der Waals surface area contributed by atoms with Gasteiger partial charge in [-0.1, -0.05) is 74.6 Å². The third kappa shape index (κ3) is 7.04. The number of carbonyl (C=O) groups excluding carboxylic acids is 2. The fourth-order valence-corrected chi connectivity index (χ4v) is 4.66. The first-order valence-corrected chi connectivity index (χ1v) is 13.3. The largest absolute Gasteiger partial charge is 0.497 e. The molecule has 0 bridgehead atoms. The highest BCUT2D eigenvalue weighted by molar-refractivity contribution is 7.18.